The second kappa shape index (κ2) is 6.29. The quantitative estimate of drug-likeness (QED) is 0.796. The Bertz CT molecular complexity index is 526. The number of rotatable bonds is 4. The first kappa shape index (κ1) is 16.2. The molecule has 1 heterocycles. The summed E-state index contributed by atoms with van der Waals surface area (Å²) in [5, 5.41) is 0. The molecule has 1 aliphatic heterocycles. The number of hydrogen-bond donors (Lipinski definition) is 0. The Morgan fingerprint density at radius 2 is 2.05 bits per heavy atom. The van der Waals surface area contributed by atoms with Gasteiger partial charge in [0, 0.05) is 19.2 Å². The Kier molecular flexibility index (Phi) is 4.84. The van der Waals surface area contributed by atoms with Crippen molar-refractivity contribution in [3.8, 4) is 0 Å². The fourth-order valence-corrected chi connectivity index (χ4v) is 3.04. The summed E-state index contributed by atoms with van der Waals surface area (Å²) in [5.74, 6) is 0.207. The first-order chi connectivity index (χ1) is 9.86. The van der Waals surface area contributed by atoms with Crippen LogP contribution in [0.2, 0.25) is 0 Å². The normalized spacial score (nSPS) is 24.8. The Morgan fingerprint density at radius 1 is 1.33 bits per heavy atom. The highest BCUT2D eigenvalue weighted by molar-refractivity contribution is 6.00. The third kappa shape index (κ3) is 3.53. The van der Waals surface area contributed by atoms with Crippen molar-refractivity contribution in [3.63, 3.8) is 0 Å². The summed E-state index contributed by atoms with van der Waals surface area (Å²) >= 11 is 0. The highest BCUT2D eigenvalue weighted by Gasteiger charge is 2.34. The Labute approximate surface area is 128 Å². The SMILES string of the molecule is COC1(C)CCCN(C(C)C(=O)c2ccc(C)c(C)c2)C1. The lowest BCUT2D eigenvalue weighted by Gasteiger charge is -2.41. The van der Waals surface area contributed by atoms with E-state index in [1.165, 1.54) is 11.1 Å². The van der Waals surface area contributed by atoms with Gasteiger partial charge in [-0.2, -0.15) is 0 Å². The van der Waals surface area contributed by atoms with Crippen LogP contribution in [0.25, 0.3) is 0 Å². The van der Waals surface area contributed by atoms with E-state index in [-0.39, 0.29) is 17.4 Å². The number of carbonyl (C=O) groups excluding carboxylic acids is 1. The van der Waals surface area contributed by atoms with Gasteiger partial charge in [0.2, 0.25) is 0 Å². The minimum atomic E-state index is -0.129. The number of hydrogen-bond acceptors (Lipinski definition) is 3. The van der Waals surface area contributed by atoms with E-state index in [0.717, 1.165) is 31.5 Å². The van der Waals surface area contributed by atoms with E-state index in [1.54, 1.807) is 7.11 Å². The zero-order valence-electron chi connectivity index (χ0n) is 13.9. The molecule has 1 aliphatic rings. The molecule has 0 saturated carbocycles. The molecule has 0 bridgehead atoms. The van der Waals surface area contributed by atoms with E-state index in [1.807, 2.05) is 25.1 Å². The number of methoxy groups -OCH3 is 1. The first-order valence-corrected chi connectivity index (χ1v) is 7.77. The number of piperidine rings is 1. The van der Waals surface area contributed by atoms with Gasteiger partial charge in [0.05, 0.1) is 11.6 Å². The smallest absolute Gasteiger partial charge is 0.179 e. The second-order valence-corrected chi connectivity index (χ2v) is 6.57. The highest BCUT2D eigenvalue weighted by atomic mass is 16.5. The minimum Gasteiger partial charge on any atom is -0.377 e. The predicted molar refractivity (Wildman–Crippen MR) is 85.9 cm³/mol. The van der Waals surface area contributed by atoms with Crippen LogP contribution in [0.15, 0.2) is 18.2 Å². The molecule has 0 spiro atoms. The number of likely N-dealkylation sites (tertiary alicyclic amines) is 1. The topological polar surface area (TPSA) is 29.5 Å². The van der Waals surface area contributed by atoms with E-state index >= 15 is 0 Å². The molecular formula is C18H27NO2. The molecule has 2 unspecified atom stereocenters. The first-order valence-electron chi connectivity index (χ1n) is 7.77. The standard InChI is InChI=1S/C18H27NO2/c1-13-7-8-16(11-14(13)2)17(20)15(3)19-10-6-9-18(4,12-19)21-5/h7-8,11,15H,6,9-10,12H2,1-5H3. The summed E-state index contributed by atoms with van der Waals surface area (Å²) in [6.45, 7) is 10.1. The number of nitrogens with zero attached hydrogens (tertiary/aromatic N) is 1. The van der Waals surface area contributed by atoms with Crippen LogP contribution in [0.4, 0.5) is 0 Å². The number of Topliss-reactive ketones (excluding diaryl/α,β-unsaturated/α-hetero) is 1. The lowest BCUT2D eigenvalue weighted by Crippen LogP contribution is -2.52. The summed E-state index contributed by atoms with van der Waals surface area (Å²) < 4.78 is 5.63. The summed E-state index contributed by atoms with van der Waals surface area (Å²) in [5.41, 5.74) is 3.09. The van der Waals surface area contributed by atoms with Gasteiger partial charge in [0.25, 0.3) is 0 Å². The molecular weight excluding hydrogens is 262 g/mol. The van der Waals surface area contributed by atoms with E-state index in [4.69, 9.17) is 4.74 Å². The number of carbonyl (C=O) groups is 1. The molecule has 0 aromatic heterocycles. The van der Waals surface area contributed by atoms with E-state index in [9.17, 15) is 4.79 Å². The average Bonchev–Trinajstić information content (AvgIpc) is 2.48. The maximum atomic E-state index is 12.7. The Hall–Kier alpha value is -1.19. The Morgan fingerprint density at radius 3 is 2.67 bits per heavy atom. The molecule has 1 fully saturated rings. The third-order valence-electron chi connectivity index (χ3n) is 4.90. The van der Waals surface area contributed by atoms with Crippen LogP contribution in [0, 0.1) is 13.8 Å². The van der Waals surface area contributed by atoms with Crippen molar-refractivity contribution in [2.75, 3.05) is 20.2 Å². The maximum Gasteiger partial charge on any atom is 0.179 e. The average molecular weight is 289 g/mol. The van der Waals surface area contributed by atoms with E-state index in [0.29, 0.717) is 0 Å². The summed E-state index contributed by atoms with van der Waals surface area (Å²) in [7, 11) is 1.76. The van der Waals surface area contributed by atoms with Crippen molar-refractivity contribution in [2.45, 2.75) is 52.2 Å². The molecule has 21 heavy (non-hydrogen) atoms. The molecule has 3 nitrogen and oxygen atoms in total. The number of benzene rings is 1. The summed E-state index contributed by atoms with van der Waals surface area (Å²) in [6, 6.07) is 5.89. The molecule has 3 heteroatoms. The molecule has 1 aromatic rings. The van der Waals surface area contributed by atoms with Gasteiger partial charge in [-0.25, -0.2) is 0 Å². The molecule has 2 atom stereocenters. The molecule has 0 N–H and O–H groups in total. The molecule has 1 saturated heterocycles. The summed E-state index contributed by atoms with van der Waals surface area (Å²) in [4.78, 5) is 15.0. The molecule has 116 valence electrons. The van der Waals surface area contributed by atoms with E-state index < -0.39 is 0 Å². The zero-order chi connectivity index (χ0) is 15.6. The van der Waals surface area contributed by atoms with Gasteiger partial charge in [-0.1, -0.05) is 12.1 Å². The van der Waals surface area contributed by atoms with Crippen LogP contribution in [0.1, 0.15) is 48.2 Å². The molecule has 2 rings (SSSR count). The fourth-order valence-electron chi connectivity index (χ4n) is 3.04. The maximum absolute atomic E-state index is 12.7. The van der Waals surface area contributed by atoms with E-state index in [2.05, 4.69) is 25.7 Å². The minimum absolute atomic E-state index is 0.0955. The van der Waals surface area contributed by atoms with Crippen LogP contribution in [0.3, 0.4) is 0 Å². The fraction of sp³-hybridized carbons (Fsp3) is 0.611. The van der Waals surface area contributed by atoms with Crippen molar-refractivity contribution < 1.29 is 9.53 Å². The summed E-state index contributed by atoms with van der Waals surface area (Å²) in [6.07, 6.45) is 2.14. The van der Waals surface area contributed by atoms with Gasteiger partial charge in [-0.3, -0.25) is 9.69 Å². The highest BCUT2D eigenvalue weighted by Crippen LogP contribution is 2.26. The van der Waals surface area contributed by atoms with Gasteiger partial charge in [-0.15, -0.1) is 0 Å². The number of ether oxygens (including phenoxy) is 1. The van der Waals surface area contributed by atoms with Crippen molar-refractivity contribution >= 4 is 5.78 Å². The number of aryl methyl sites for hydroxylation is 2. The van der Waals surface area contributed by atoms with Gasteiger partial charge in [-0.05, 0) is 64.3 Å². The largest absolute Gasteiger partial charge is 0.377 e. The van der Waals surface area contributed by atoms with Crippen LogP contribution in [-0.4, -0.2) is 42.5 Å². The van der Waals surface area contributed by atoms with Gasteiger partial charge in [0.15, 0.2) is 5.78 Å². The van der Waals surface area contributed by atoms with Crippen LogP contribution < -0.4 is 0 Å². The lowest BCUT2D eigenvalue weighted by molar-refractivity contribution is -0.0563. The zero-order valence-corrected chi connectivity index (χ0v) is 13.9. The molecule has 1 aromatic carbocycles. The third-order valence-corrected chi connectivity index (χ3v) is 4.90. The molecule has 0 amide bonds. The van der Waals surface area contributed by atoms with Crippen molar-refractivity contribution in [3.05, 3.63) is 34.9 Å². The monoisotopic (exact) mass is 289 g/mol. The Balaban J connectivity index is 2.13. The molecule has 0 aliphatic carbocycles. The van der Waals surface area contributed by atoms with Crippen LogP contribution in [0.5, 0.6) is 0 Å². The lowest BCUT2D eigenvalue weighted by atomic mass is 9.92. The van der Waals surface area contributed by atoms with Gasteiger partial charge >= 0.3 is 0 Å². The van der Waals surface area contributed by atoms with Gasteiger partial charge in [0.1, 0.15) is 0 Å². The number of ketones is 1. The van der Waals surface area contributed by atoms with Crippen LogP contribution >= 0.6 is 0 Å². The van der Waals surface area contributed by atoms with Gasteiger partial charge < -0.3 is 4.74 Å². The van der Waals surface area contributed by atoms with Crippen molar-refractivity contribution in [1.82, 2.24) is 4.90 Å². The second-order valence-electron chi connectivity index (χ2n) is 6.57. The van der Waals surface area contributed by atoms with Crippen molar-refractivity contribution in [2.24, 2.45) is 0 Å². The molecule has 0 radical (unpaired) electrons. The predicted octanol–water partition coefficient (Wildman–Crippen LogP) is 3.38. The van der Waals surface area contributed by atoms with Crippen molar-refractivity contribution in [1.29, 1.82) is 0 Å². The van der Waals surface area contributed by atoms with Crippen LogP contribution in [-0.2, 0) is 4.74 Å².